The van der Waals surface area contributed by atoms with Gasteiger partial charge in [0.25, 0.3) is 10.0 Å². The van der Waals surface area contributed by atoms with Crippen molar-refractivity contribution in [3.63, 3.8) is 0 Å². The average Bonchev–Trinajstić information content (AvgIpc) is 3.11. The molecular weight excluding hydrogens is 288 g/mol. The van der Waals surface area contributed by atoms with E-state index in [4.69, 9.17) is 4.42 Å². The SMILES string of the molecule is CC1(C)CCCN(S(=O)(=O)c2ccc(CNC3CC3)o2)C1. The van der Waals surface area contributed by atoms with Gasteiger partial charge in [-0.15, -0.1) is 0 Å². The molecule has 6 heteroatoms. The van der Waals surface area contributed by atoms with Gasteiger partial charge >= 0.3 is 0 Å². The van der Waals surface area contributed by atoms with Crippen LogP contribution in [0.2, 0.25) is 0 Å². The van der Waals surface area contributed by atoms with Crippen LogP contribution in [0, 0.1) is 5.41 Å². The molecule has 2 heterocycles. The molecule has 0 atom stereocenters. The second-order valence-corrected chi connectivity index (χ2v) is 8.85. The molecule has 21 heavy (non-hydrogen) atoms. The molecule has 0 radical (unpaired) electrons. The molecule has 0 aromatic carbocycles. The third kappa shape index (κ3) is 3.49. The fourth-order valence-corrected chi connectivity index (χ4v) is 4.42. The summed E-state index contributed by atoms with van der Waals surface area (Å²) in [5.74, 6) is 0.691. The average molecular weight is 312 g/mol. The van der Waals surface area contributed by atoms with E-state index in [0.29, 0.717) is 31.4 Å². The van der Waals surface area contributed by atoms with Gasteiger partial charge in [0.1, 0.15) is 5.76 Å². The molecule has 2 aliphatic rings. The number of furan rings is 1. The standard InChI is InChI=1S/C15H24N2O3S/c1-15(2)8-3-9-17(11-15)21(18,19)14-7-6-13(20-14)10-16-12-4-5-12/h6-7,12,16H,3-5,8-11H2,1-2H3. The molecule has 1 aliphatic carbocycles. The molecular formula is C15H24N2O3S. The summed E-state index contributed by atoms with van der Waals surface area (Å²) in [6.45, 7) is 5.98. The van der Waals surface area contributed by atoms with Crippen LogP contribution in [0.5, 0.6) is 0 Å². The van der Waals surface area contributed by atoms with Gasteiger partial charge in [0.15, 0.2) is 0 Å². The van der Waals surface area contributed by atoms with Gasteiger partial charge in [-0.2, -0.15) is 4.31 Å². The molecule has 1 aromatic rings. The lowest BCUT2D eigenvalue weighted by molar-refractivity contribution is 0.184. The van der Waals surface area contributed by atoms with Crippen LogP contribution in [0.25, 0.3) is 0 Å². The lowest BCUT2D eigenvalue weighted by atomic mass is 9.85. The highest BCUT2D eigenvalue weighted by Crippen LogP contribution is 2.32. The normalized spacial score (nSPS) is 23.3. The first-order valence-electron chi connectivity index (χ1n) is 7.69. The third-order valence-electron chi connectivity index (χ3n) is 4.24. The Hall–Kier alpha value is -0.850. The summed E-state index contributed by atoms with van der Waals surface area (Å²) in [5.41, 5.74) is 0.0360. The fourth-order valence-electron chi connectivity index (χ4n) is 2.83. The molecule has 0 amide bonds. The summed E-state index contributed by atoms with van der Waals surface area (Å²) in [7, 11) is -3.50. The maximum atomic E-state index is 12.7. The molecule has 118 valence electrons. The van der Waals surface area contributed by atoms with Gasteiger partial charge in [-0.05, 0) is 43.2 Å². The van der Waals surface area contributed by atoms with E-state index in [0.717, 1.165) is 12.8 Å². The first kappa shape index (κ1) is 15.1. The number of nitrogens with zero attached hydrogens (tertiary/aromatic N) is 1. The van der Waals surface area contributed by atoms with E-state index in [2.05, 4.69) is 19.2 Å². The van der Waals surface area contributed by atoms with Crippen molar-refractivity contribution in [1.29, 1.82) is 0 Å². The van der Waals surface area contributed by atoms with Gasteiger partial charge in [0, 0.05) is 19.1 Å². The summed E-state index contributed by atoms with van der Waals surface area (Å²) in [5, 5.41) is 3.40. The van der Waals surface area contributed by atoms with Gasteiger partial charge in [-0.25, -0.2) is 8.42 Å². The Morgan fingerprint density at radius 3 is 2.81 bits per heavy atom. The van der Waals surface area contributed by atoms with Gasteiger partial charge in [0.05, 0.1) is 6.54 Å². The van der Waals surface area contributed by atoms with E-state index in [1.807, 2.05) is 0 Å². The van der Waals surface area contributed by atoms with Crippen LogP contribution in [0.1, 0.15) is 45.3 Å². The number of sulfonamides is 1. The number of rotatable bonds is 5. The smallest absolute Gasteiger partial charge is 0.276 e. The summed E-state index contributed by atoms with van der Waals surface area (Å²) in [6.07, 6.45) is 4.38. The number of hydrogen-bond acceptors (Lipinski definition) is 4. The topological polar surface area (TPSA) is 62.6 Å². The van der Waals surface area contributed by atoms with Crippen LogP contribution in [0.15, 0.2) is 21.6 Å². The highest BCUT2D eigenvalue weighted by Gasteiger charge is 2.35. The van der Waals surface area contributed by atoms with Crippen molar-refractivity contribution in [2.24, 2.45) is 5.41 Å². The Morgan fingerprint density at radius 2 is 2.14 bits per heavy atom. The summed E-state index contributed by atoms with van der Waals surface area (Å²) < 4.78 is 32.4. The zero-order valence-corrected chi connectivity index (χ0v) is 13.6. The number of nitrogens with one attached hydrogen (secondary N) is 1. The van der Waals surface area contributed by atoms with Crippen LogP contribution >= 0.6 is 0 Å². The molecule has 3 rings (SSSR count). The summed E-state index contributed by atoms with van der Waals surface area (Å²) >= 11 is 0. The molecule has 1 N–H and O–H groups in total. The van der Waals surface area contributed by atoms with E-state index in [9.17, 15) is 8.42 Å². The Kier molecular flexibility index (Phi) is 3.88. The second-order valence-electron chi connectivity index (χ2n) is 6.98. The highest BCUT2D eigenvalue weighted by atomic mass is 32.2. The maximum Gasteiger partial charge on any atom is 0.276 e. The minimum absolute atomic E-state index is 0.0360. The van der Waals surface area contributed by atoms with E-state index < -0.39 is 10.0 Å². The van der Waals surface area contributed by atoms with Crippen LogP contribution in [0.4, 0.5) is 0 Å². The minimum Gasteiger partial charge on any atom is -0.447 e. The lowest BCUT2D eigenvalue weighted by Gasteiger charge is -2.36. The molecule has 2 fully saturated rings. The Morgan fingerprint density at radius 1 is 1.38 bits per heavy atom. The first-order valence-corrected chi connectivity index (χ1v) is 9.13. The predicted octanol–water partition coefficient (Wildman–Crippen LogP) is 2.34. The predicted molar refractivity (Wildman–Crippen MR) is 80.3 cm³/mol. The zero-order chi connectivity index (χ0) is 15.1. The molecule has 1 aliphatic heterocycles. The van der Waals surface area contributed by atoms with Crippen molar-refractivity contribution in [1.82, 2.24) is 9.62 Å². The Balaban J connectivity index is 1.71. The first-order chi connectivity index (χ1) is 9.87. The second kappa shape index (κ2) is 5.41. The maximum absolute atomic E-state index is 12.7. The Labute approximate surface area is 126 Å². The third-order valence-corrected chi connectivity index (χ3v) is 5.96. The van der Waals surface area contributed by atoms with Gasteiger partial charge in [-0.3, -0.25) is 0 Å². The van der Waals surface area contributed by atoms with Crippen molar-refractivity contribution in [2.75, 3.05) is 13.1 Å². The van der Waals surface area contributed by atoms with E-state index in [-0.39, 0.29) is 10.5 Å². The molecule has 0 spiro atoms. The van der Waals surface area contributed by atoms with Crippen LogP contribution in [0.3, 0.4) is 0 Å². The molecule has 1 saturated carbocycles. The summed E-state index contributed by atoms with van der Waals surface area (Å²) in [6, 6.07) is 3.93. The highest BCUT2D eigenvalue weighted by molar-refractivity contribution is 7.89. The van der Waals surface area contributed by atoms with Gasteiger partial charge < -0.3 is 9.73 Å². The molecule has 1 saturated heterocycles. The number of hydrogen-bond donors (Lipinski definition) is 1. The molecule has 0 bridgehead atoms. The quantitative estimate of drug-likeness (QED) is 0.906. The van der Waals surface area contributed by atoms with E-state index in [1.165, 1.54) is 12.8 Å². The van der Waals surface area contributed by atoms with Crippen molar-refractivity contribution in [3.8, 4) is 0 Å². The zero-order valence-electron chi connectivity index (χ0n) is 12.8. The monoisotopic (exact) mass is 312 g/mol. The Bertz CT molecular complexity index is 602. The van der Waals surface area contributed by atoms with Crippen molar-refractivity contribution < 1.29 is 12.8 Å². The van der Waals surface area contributed by atoms with Gasteiger partial charge in [0.2, 0.25) is 5.09 Å². The molecule has 0 unspecified atom stereocenters. The van der Waals surface area contributed by atoms with Crippen molar-refractivity contribution in [3.05, 3.63) is 17.9 Å². The summed E-state index contributed by atoms with van der Waals surface area (Å²) in [4.78, 5) is 0. The van der Waals surface area contributed by atoms with Crippen molar-refractivity contribution >= 4 is 10.0 Å². The van der Waals surface area contributed by atoms with Crippen molar-refractivity contribution in [2.45, 2.75) is 57.2 Å². The molecule has 5 nitrogen and oxygen atoms in total. The van der Waals surface area contributed by atoms with Gasteiger partial charge in [-0.1, -0.05) is 13.8 Å². The van der Waals surface area contributed by atoms with E-state index in [1.54, 1.807) is 16.4 Å². The minimum atomic E-state index is -3.50. The lowest BCUT2D eigenvalue weighted by Crippen LogP contribution is -2.43. The molecule has 1 aromatic heterocycles. The fraction of sp³-hybridized carbons (Fsp3) is 0.733. The largest absolute Gasteiger partial charge is 0.447 e. The van der Waals surface area contributed by atoms with Crippen LogP contribution in [-0.2, 0) is 16.6 Å². The van der Waals surface area contributed by atoms with E-state index >= 15 is 0 Å². The number of piperidine rings is 1. The van der Waals surface area contributed by atoms with Crippen LogP contribution < -0.4 is 5.32 Å². The van der Waals surface area contributed by atoms with Crippen LogP contribution in [-0.4, -0.2) is 31.9 Å².